The Labute approximate surface area is 120 Å². The maximum atomic E-state index is 11.8. The zero-order valence-electron chi connectivity index (χ0n) is 12.3. The largest absolute Gasteiger partial charge is 0.467 e. The van der Waals surface area contributed by atoms with Gasteiger partial charge in [0, 0.05) is 0 Å². The van der Waals surface area contributed by atoms with Gasteiger partial charge >= 0.3 is 5.97 Å². The van der Waals surface area contributed by atoms with E-state index in [-0.39, 0.29) is 11.9 Å². The van der Waals surface area contributed by atoms with Gasteiger partial charge in [-0.25, -0.2) is 4.79 Å². The minimum Gasteiger partial charge on any atom is -0.467 e. The molecule has 0 aliphatic rings. The number of thioether (sulfide) groups is 1. The molecule has 0 spiro atoms. The van der Waals surface area contributed by atoms with Gasteiger partial charge in [0.25, 0.3) is 0 Å². The van der Waals surface area contributed by atoms with Crippen molar-refractivity contribution in [2.24, 2.45) is 17.6 Å². The molecule has 0 aromatic rings. The second-order valence-corrected chi connectivity index (χ2v) is 6.16. The molecule has 6 heteroatoms. The van der Waals surface area contributed by atoms with Gasteiger partial charge in [0.2, 0.25) is 5.91 Å². The molecule has 0 fully saturated rings. The molecule has 19 heavy (non-hydrogen) atoms. The van der Waals surface area contributed by atoms with Gasteiger partial charge in [-0.3, -0.25) is 4.79 Å². The first kappa shape index (κ1) is 18.2. The van der Waals surface area contributed by atoms with Gasteiger partial charge < -0.3 is 15.8 Å². The fourth-order valence-electron chi connectivity index (χ4n) is 1.48. The van der Waals surface area contributed by atoms with Crippen LogP contribution in [0.2, 0.25) is 0 Å². The predicted molar refractivity (Wildman–Crippen MR) is 78.9 cm³/mol. The summed E-state index contributed by atoms with van der Waals surface area (Å²) in [6, 6.07) is -0.551. The van der Waals surface area contributed by atoms with E-state index < -0.39 is 6.04 Å². The molecule has 0 heterocycles. The van der Waals surface area contributed by atoms with Gasteiger partial charge in [0.05, 0.1) is 12.9 Å². The van der Waals surface area contributed by atoms with Crippen molar-refractivity contribution in [1.82, 2.24) is 5.32 Å². The minimum absolute atomic E-state index is 0.134. The molecule has 0 aliphatic heterocycles. The third-order valence-electron chi connectivity index (χ3n) is 2.57. The van der Waals surface area contributed by atoms with E-state index in [1.54, 1.807) is 0 Å². The quantitative estimate of drug-likeness (QED) is 0.620. The fraction of sp³-hybridized carbons (Fsp3) is 0.846. The lowest BCUT2D eigenvalue weighted by atomic mass is 10.0. The number of esters is 1. The second-order valence-electron chi connectivity index (χ2n) is 5.13. The van der Waals surface area contributed by atoms with E-state index in [9.17, 15) is 9.59 Å². The molecular formula is C13H26N2O3S. The molecular weight excluding hydrogens is 264 g/mol. The van der Waals surface area contributed by atoms with Crippen molar-refractivity contribution < 1.29 is 14.3 Å². The Bertz CT molecular complexity index is 285. The van der Waals surface area contributed by atoms with Crippen molar-refractivity contribution in [2.75, 3.05) is 25.2 Å². The Morgan fingerprint density at radius 3 is 2.42 bits per heavy atom. The van der Waals surface area contributed by atoms with E-state index in [0.717, 1.165) is 5.75 Å². The zero-order valence-corrected chi connectivity index (χ0v) is 13.1. The third-order valence-corrected chi connectivity index (χ3v) is 3.84. The van der Waals surface area contributed by atoms with Crippen molar-refractivity contribution in [3.63, 3.8) is 0 Å². The summed E-state index contributed by atoms with van der Waals surface area (Å²) in [5.41, 5.74) is 5.51. The third kappa shape index (κ3) is 8.88. The van der Waals surface area contributed by atoms with E-state index in [0.29, 0.717) is 30.6 Å². The van der Waals surface area contributed by atoms with Crippen LogP contribution in [0.15, 0.2) is 0 Å². The summed E-state index contributed by atoms with van der Waals surface area (Å²) in [4.78, 5) is 23.3. The van der Waals surface area contributed by atoms with Crippen LogP contribution in [0.1, 0.15) is 27.2 Å². The van der Waals surface area contributed by atoms with E-state index >= 15 is 0 Å². The fourth-order valence-corrected chi connectivity index (χ4v) is 2.41. The Morgan fingerprint density at radius 1 is 1.32 bits per heavy atom. The van der Waals surface area contributed by atoms with Gasteiger partial charge in [-0.2, -0.15) is 11.8 Å². The van der Waals surface area contributed by atoms with Crippen LogP contribution >= 0.6 is 11.8 Å². The summed E-state index contributed by atoms with van der Waals surface area (Å²) in [7, 11) is 1.33. The zero-order chi connectivity index (χ0) is 14.8. The van der Waals surface area contributed by atoms with Crippen molar-refractivity contribution >= 4 is 23.6 Å². The maximum Gasteiger partial charge on any atom is 0.328 e. The molecule has 0 saturated heterocycles. The highest BCUT2D eigenvalue weighted by Gasteiger charge is 2.22. The molecule has 112 valence electrons. The van der Waals surface area contributed by atoms with Crippen LogP contribution in [0.3, 0.4) is 0 Å². The van der Waals surface area contributed by atoms with Crippen molar-refractivity contribution in [2.45, 2.75) is 33.2 Å². The summed E-state index contributed by atoms with van der Waals surface area (Å²) >= 11 is 1.53. The van der Waals surface area contributed by atoms with Gasteiger partial charge in [-0.15, -0.1) is 0 Å². The highest BCUT2D eigenvalue weighted by Crippen LogP contribution is 2.09. The molecule has 5 nitrogen and oxygen atoms in total. The number of amides is 1. The van der Waals surface area contributed by atoms with E-state index in [2.05, 4.69) is 5.32 Å². The monoisotopic (exact) mass is 290 g/mol. The van der Waals surface area contributed by atoms with Gasteiger partial charge in [0.15, 0.2) is 0 Å². The number of nitrogens with one attached hydrogen (secondary N) is 1. The molecule has 2 unspecified atom stereocenters. The number of ether oxygens (including phenoxy) is 1. The Balaban J connectivity index is 4.12. The van der Waals surface area contributed by atoms with E-state index in [4.69, 9.17) is 10.5 Å². The average Bonchev–Trinajstić information content (AvgIpc) is 2.36. The first-order chi connectivity index (χ1) is 8.90. The van der Waals surface area contributed by atoms with Crippen LogP contribution in [0.5, 0.6) is 0 Å². The highest BCUT2D eigenvalue weighted by atomic mass is 32.2. The van der Waals surface area contributed by atoms with Crippen LogP contribution in [0.4, 0.5) is 0 Å². The molecule has 0 aromatic carbocycles. The van der Waals surface area contributed by atoms with Gasteiger partial charge in [0.1, 0.15) is 6.04 Å². The lowest BCUT2D eigenvalue weighted by Gasteiger charge is -2.18. The second kappa shape index (κ2) is 10.1. The lowest BCUT2D eigenvalue weighted by Crippen LogP contribution is -2.43. The molecule has 0 bridgehead atoms. The van der Waals surface area contributed by atoms with Crippen LogP contribution in [-0.4, -0.2) is 43.1 Å². The van der Waals surface area contributed by atoms with Crippen LogP contribution < -0.4 is 11.1 Å². The number of nitrogens with two attached hydrogens (primary N) is 1. The summed E-state index contributed by atoms with van der Waals surface area (Å²) in [6.07, 6.45) is 0.586. The molecule has 0 saturated carbocycles. The number of carbonyl (C=O) groups excluding carboxylic acids is 2. The van der Waals surface area contributed by atoms with Crippen LogP contribution in [0.25, 0.3) is 0 Å². The number of hydrogen-bond donors (Lipinski definition) is 2. The first-order valence-electron chi connectivity index (χ1n) is 6.55. The Morgan fingerprint density at radius 2 is 1.95 bits per heavy atom. The van der Waals surface area contributed by atoms with Crippen LogP contribution in [0, 0.1) is 11.8 Å². The van der Waals surface area contributed by atoms with Gasteiger partial charge in [-0.1, -0.05) is 20.8 Å². The highest BCUT2D eigenvalue weighted by molar-refractivity contribution is 7.99. The van der Waals surface area contributed by atoms with Crippen molar-refractivity contribution in [1.29, 1.82) is 0 Å². The number of methoxy groups -OCH3 is 1. The average molecular weight is 290 g/mol. The molecule has 3 N–H and O–H groups in total. The molecule has 2 atom stereocenters. The van der Waals surface area contributed by atoms with Crippen molar-refractivity contribution in [3.05, 3.63) is 0 Å². The molecule has 0 aromatic heterocycles. The molecule has 0 radical (unpaired) electrons. The Hall–Kier alpha value is -0.750. The topological polar surface area (TPSA) is 81.4 Å². The normalized spacial score (nSPS) is 14.0. The van der Waals surface area contributed by atoms with Crippen molar-refractivity contribution in [3.8, 4) is 0 Å². The van der Waals surface area contributed by atoms with E-state index in [1.807, 2.05) is 20.8 Å². The predicted octanol–water partition coefficient (Wildman–Crippen LogP) is 1.02. The smallest absolute Gasteiger partial charge is 0.328 e. The molecule has 1 amide bonds. The molecule has 0 rings (SSSR count). The summed E-state index contributed by atoms with van der Waals surface area (Å²) < 4.78 is 4.70. The summed E-state index contributed by atoms with van der Waals surface area (Å²) in [6.45, 7) is 6.66. The number of carbonyl (C=O) groups is 2. The first-order valence-corrected chi connectivity index (χ1v) is 7.71. The number of rotatable bonds is 9. The number of hydrogen-bond acceptors (Lipinski definition) is 5. The SMILES string of the molecule is COC(=O)C(CC(C)C)NC(=O)CSCC(C)CN. The standard InChI is InChI=1S/C13H26N2O3S/c1-9(2)5-11(13(17)18-4)15-12(16)8-19-7-10(3)6-14/h9-11H,5-8,14H2,1-4H3,(H,15,16). The van der Waals surface area contributed by atoms with E-state index in [1.165, 1.54) is 18.9 Å². The van der Waals surface area contributed by atoms with Crippen LogP contribution in [-0.2, 0) is 14.3 Å². The Kier molecular flexibility index (Phi) is 9.69. The lowest BCUT2D eigenvalue weighted by molar-refractivity contribution is -0.145. The summed E-state index contributed by atoms with van der Waals surface area (Å²) in [5.74, 6) is 1.37. The van der Waals surface area contributed by atoms with Gasteiger partial charge in [-0.05, 0) is 30.6 Å². The molecule has 0 aliphatic carbocycles. The summed E-state index contributed by atoms with van der Waals surface area (Å²) in [5, 5.41) is 2.73. The maximum absolute atomic E-state index is 11.8. The minimum atomic E-state index is -0.551.